The average Bonchev–Trinajstić information content (AvgIpc) is 2.99. The van der Waals surface area contributed by atoms with Crippen molar-refractivity contribution in [2.75, 3.05) is 54.1 Å². The van der Waals surface area contributed by atoms with Crippen LogP contribution in [0.25, 0.3) is 0 Å². The molecule has 0 bridgehead atoms. The van der Waals surface area contributed by atoms with Crippen molar-refractivity contribution in [1.82, 2.24) is 0 Å². The Morgan fingerprint density at radius 2 is 1.20 bits per heavy atom. The van der Waals surface area contributed by atoms with Crippen LogP contribution in [0.2, 0.25) is 0 Å². The number of hydrogen-bond donors (Lipinski definition) is 0. The third-order valence-electron chi connectivity index (χ3n) is 7.76. The molecular formula is C37H72NO7P. The van der Waals surface area contributed by atoms with E-state index >= 15 is 0 Å². The van der Waals surface area contributed by atoms with E-state index in [0.717, 1.165) is 57.8 Å². The van der Waals surface area contributed by atoms with Crippen LogP contribution in [0.15, 0.2) is 24.3 Å². The number of carbonyl (C=O) groups is 1. The highest BCUT2D eigenvalue weighted by molar-refractivity contribution is 7.45. The van der Waals surface area contributed by atoms with Crippen LogP contribution in [-0.4, -0.2) is 70.7 Å². The molecule has 0 aliphatic heterocycles. The van der Waals surface area contributed by atoms with E-state index < -0.39 is 13.9 Å². The molecular weight excluding hydrogens is 601 g/mol. The molecule has 0 fully saturated rings. The molecule has 0 aromatic carbocycles. The predicted molar refractivity (Wildman–Crippen MR) is 190 cm³/mol. The Hall–Kier alpha value is -1.02. The van der Waals surface area contributed by atoms with E-state index in [9.17, 15) is 14.3 Å². The van der Waals surface area contributed by atoms with Crippen LogP contribution in [0, 0.1) is 0 Å². The number of ether oxygens (including phenoxy) is 2. The summed E-state index contributed by atoms with van der Waals surface area (Å²) in [6.45, 7) is 5.34. The predicted octanol–water partition coefficient (Wildman–Crippen LogP) is 9.47. The number of rotatable bonds is 34. The number of quaternary nitrogens is 1. The second-order valence-corrected chi connectivity index (χ2v) is 15.0. The van der Waals surface area contributed by atoms with Crippen molar-refractivity contribution in [1.29, 1.82) is 0 Å². The van der Waals surface area contributed by atoms with Gasteiger partial charge < -0.3 is 27.9 Å². The van der Waals surface area contributed by atoms with Gasteiger partial charge >= 0.3 is 5.97 Å². The minimum Gasteiger partial charge on any atom is -0.756 e. The van der Waals surface area contributed by atoms with Gasteiger partial charge in [0.05, 0.1) is 34.4 Å². The molecule has 0 aliphatic rings. The third-order valence-corrected chi connectivity index (χ3v) is 8.72. The molecule has 0 aromatic heterocycles. The molecule has 0 radical (unpaired) electrons. The van der Waals surface area contributed by atoms with Gasteiger partial charge in [0, 0.05) is 13.0 Å². The van der Waals surface area contributed by atoms with Crippen molar-refractivity contribution in [3.8, 4) is 0 Å². The van der Waals surface area contributed by atoms with Gasteiger partial charge in [0.15, 0.2) is 0 Å². The Labute approximate surface area is 283 Å². The quantitative estimate of drug-likeness (QED) is 0.0221. The van der Waals surface area contributed by atoms with Crippen LogP contribution in [0.1, 0.15) is 149 Å². The highest BCUT2D eigenvalue weighted by Crippen LogP contribution is 2.38. The van der Waals surface area contributed by atoms with Gasteiger partial charge in [0.25, 0.3) is 7.82 Å². The van der Waals surface area contributed by atoms with Crippen LogP contribution in [0.5, 0.6) is 0 Å². The lowest BCUT2D eigenvalue weighted by atomic mass is 10.1. The standard InChI is InChI=1S/C37H72NO7P/c1-6-8-10-12-14-16-17-18-19-20-21-22-23-24-26-28-30-37(39)45-36(34-42-32-29-27-25-15-13-11-9-7-2)35-44-46(40,41)43-33-31-38(3,4)5/h16-17,19-20,36H,6-15,18,21-35H2,1-5H3/b17-16-,20-19-. The number of esters is 1. The summed E-state index contributed by atoms with van der Waals surface area (Å²) in [6.07, 6.45) is 31.8. The zero-order chi connectivity index (χ0) is 34.2. The first-order valence-corrected chi connectivity index (χ1v) is 20.0. The fraction of sp³-hybridized carbons (Fsp3) is 0.865. The van der Waals surface area contributed by atoms with Crippen LogP contribution in [-0.2, 0) is 27.9 Å². The highest BCUT2D eigenvalue weighted by atomic mass is 31.2. The maximum absolute atomic E-state index is 12.6. The van der Waals surface area contributed by atoms with Crippen LogP contribution in [0.4, 0.5) is 0 Å². The third kappa shape index (κ3) is 34.3. The summed E-state index contributed by atoms with van der Waals surface area (Å²) in [5.41, 5.74) is 0. The van der Waals surface area contributed by atoms with E-state index in [1.165, 1.54) is 70.6 Å². The van der Waals surface area contributed by atoms with Crippen molar-refractivity contribution in [3.05, 3.63) is 24.3 Å². The molecule has 0 saturated carbocycles. The van der Waals surface area contributed by atoms with E-state index in [-0.39, 0.29) is 25.8 Å². The van der Waals surface area contributed by atoms with E-state index in [4.69, 9.17) is 18.5 Å². The van der Waals surface area contributed by atoms with Gasteiger partial charge in [-0.15, -0.1) is 0 Å². The van der Waals surface area contributed by atoms with Crippen LogP contribution >= 0.6 is 7.82 Å². The largest absolute Gasteiger partial charge is 0.756 e. The zero-order valence-corrected chi connectivity index (χ0v) is 31.4. The Bertz CT molecular complexity index is 797. The summed E-state index contributed by atoms with van der Waals surface area (Å²) in [4.78, 5) is 24.8. The normalized spacial score (nSPS) is 14.3. The summed E-state index contributed by atoms with van der Waals surface area (Å²) in [5.74, 6) is -0.350. The van der Waals surface area contributed by atoms with Crippen molar-refractivity contribution in [3.63, 3.8) is 0 Å². The molecule has 0 aromatic rings. The summed E-state index contributed by atoms with van der Waals surface area (Å²) in [7, 11) is 1.35. The molecule has 8 nitrogen and oxygen atoms in total. The monoisotopic (exact) mass is 674 g/mol. The summed E-state index contributed by atoms with van der Waals surface area (Å²) < 4.78 is 34.3. The van der Waals surface area contributed by atoms with Gasteiger partial charge in [-0.2, -0.15) is 0 Å². The minimum absolute atomic E-state index is 0.0244. The zero-order valence-electron chi connectivity index (χ0n) is 30.5. The fourth-order valence-electron chi connectivity index (χ4n) is 4.81. The van der Waals surface area contributed by atoms with E-state index in [0.29, 0.717) is 24.1 Å². The van der Waals surface area contributed by atoms with Crippen molar-refractivity contribution in [2.45, 2.75) is 155 Å². The molecule has 0 amide bonds. The first-order valence-electron chi connectivity index (χ1n) is 18.6. The number of carbonyl (C=O) groups excluding carboxylic acids is 1. The van der Waals surface area contributed by atoms with Gasteiger partial charge in [-0.25, -0.2) is 0 Å². The maximum Gasteiger partial charge on any atom is 0.306 e. The molecule has 0 heterocycles. The lowest BCUT2D eigenvalue weighted by Gasteiger charge is -2.28. The second-order valence-electron chi connectivity index (χ2n) is 13.6. The molecule has 0 N–H and O–H groups in total. The highest BCUT2D eigenvalue weighted by Gasteiger charge is 2.20. The van der Waals surface area contributed by atoms with Crippen molar-refractivity contribution >= 4 is 13.8 Å². The maximum atomic E-state index is 12.6. The first kappa shape index (κ1) is 45.0. The smallest absolute Gasteiger partial charge is 0.306 e. The van der Waals surface area contributed by atoms with Gasteiger partial charge in [-0.1, -0.05) is 122 Å². The number of phosphoric acid groups is 1. The minimum atomic E-state index is -4.51. The summed E-state index contributed by atoms with van der Waals surface area (Å²) in [5, 5.41) is 0. The summed E-state index contributed by atoms with van der Waals surface area (Å²) in [6, 6.07) is 0. The van der Waals surface area contributed by atoms with E-state index in [1.807, 2.05) is 21.1 Å². The second kappa shape index (κ2) is 31.3. The fourth-order valence-corrected chi connectivity index (χ4v) is 5.54. The molecule has 2 atom stereocenters. The first-order chi connectivity index (χ1) is 22.1. The number of hydrogen-bond acceptors (Lipinski definition) is 7. The van der Waals surface area contributed by atoms with Crippen molar-refractivity contribution < 1.29 is 37.3 Å². The molecule has 0 aliphatic carbocycles. The molecule has 0 saturated heterocycles. The van der Waals surface area contributed by atoms with Crippen LogP contribution < -0.4 is 4.89 Å². The average molecular weight is 674 g/mol. The lowest BCUT2D eigenvalue weighted by molar-refractivity contribution is -0.870. The van der Waals surface area contributed by atoms with Gasteiger partial charge in [0.2, 0.25) is 0 Å². The lowest BCUT2D eigenvalue weighted by Crippen LogP contribution is -2.37. The van der Waals surface area contributed by atoms with E-state index in [2.05, 4.69) is 38.2 Å². The van der Waals surface area contributed by atoms with Crippen molar-refractivity contribution in [2.24, 2.45) is 0 Å². The Kier molecular flexibility index (Phi) is 30.6. The van der Waals surface area contributed by atoms with Crippen LogP contribution in [0.3, 0.4) is 0 Å². The van der Waals surface area contributed by atoms with E-state index in [1.54, 1.807) is 0 Å². The number of likely N-dealkylation sites (N-methyl/N-ethyl adjacent to an activating group) is 1. The summed E-state index contributed by atoms with van der Waals surface area (Å²) >= 11 is 0. The number of nitrogens with zero attached hydrogens (tertiary/aromatic N) is 1. The van der Waals surface area contributed by atoms with Gasteiger partial charge in [-0.05, 0) is 44.9 Å². The Morgan fingerprint density at radius 3 is 1.78 bits per heavy atom. The molecule has 2 unspecified atom stereocenters. The molecule has 0 rings (SSSR count). The molecule has 9 heteroatoms. The SMILES string of the molecule is CCCCCC/C=C\C/C=C\CCCCCCCC(=O)OC(COCCCCCCCCCC)COP(=O)([O-])OCC[N+](C)(C)C. The molecule has 0 spiro atoms. The van der Waals surface area contributed by atoms with Gasteiger partial charge in [0.1, 0.15) is 19.3 Å². The Balaban J connectivity index is 4.29. The molecule has 272 valence electrons. The number of allylic oxidation sites excluding steroid dienone is 4. The molecule has 46 heavy (non-hydrogen) atoms. The Morgan fingerprint density at radius 1 is 0.674 bits per heavy atom. The topological polar surface area (TPSA) is 94.1 Å². The van der Waals surface area contributed by atoms with Gasteiger partial charge in [-0.3, -0.25) is 9.36 Å². The number of unbranched alkanes of at least 4 members (excludes halogenated alkanes) is 16. The number of phosphoric ester groups is 1.